The number of hydrogen-bond acceptors (Lipinski definition) is 6. The van der Waals surface area contributed by atoms with Gasteiger partial charge in [-0.1, -0.05) is 103 Å². The maximum atomic E-state index is 6.28. The van der Waals surface area contributed by atoms with Gasteiger partial charge < -0.3 is 8.83 Å². The van der Waals surface area contributed by atoms with Crippen molar-refractivity contribution in [3.63, 3.8) is 0 Å². The summed E-state index contributed by atoms with van der Waals surface area (Å²) in [5, 5.41) is 8.56. The van der Waals surface area contributed by atoms with Gasteiger partial charge in [0, 0.05) is 44.4 Å². The molecule has 0 N–H and O–H groups in total. The van der Waals surface area contributed by atoms with Gasteiger partial charge in [0.25, 0.3) is 0 Å². The van der Waals surface area contributed by atoms with Crippen LogP contribution in [0.15, 0.2) is 167 Å². The van der Waals surface area contributed by atoms with Crippen LogP contribution in [-0.4, -0.2) is 19.9 Å². The van der Waals surface area contributed by atoms with Gasteiger partial charge in [-0.2, -0.15) is 0 Å². The van der Waals surface area contributed by atoms with E-state index < -0.39 is 0 Å². The number of fused-ring (bicyclic) bond motifs is 8. The van der Waals surface area contributed by atoms with E-state index in [9.17, 15) is 0 Å². The Kier molecular flexibility index (Phi) is 6.15. The van der Waals surface area contributed by atoms with Crippen LogP contribution in [0.3, 0.4) is 0 Å². The third-order valence-corrected chi connectivity index (χ3v) is 10.00. The summed E-state index contributed by atoms with van der Waals surface area (Å²) >= 11 is 0. The Bertz CT molecular complexity index is 3210. The molecule has 0 saturated heterocycles. The second kappa shape index (κ2) is 11.2. The second-order valence-corrected chi connectivity index (χ2v) is 13.0. The molecule has 0 fully saturated rings. The molecule has 0 radical (unpaired) electrons. The fraction of sp³-hybridized carbons (Fsp3) is 0. The van der Waals surface area contributed by atoms with Gasteiger partial charge in [-0.15, -0.1) is 0 Å². The van der Waals surface area contributed by atoms with Crippen LogP contribution in [0.2, 0.25) is 0 Å². The molecule has 0 spiro atoms. The Morgan fingerprint density at radius 3 is 1.85 bits per heavy atom. The predicted molar refractivity (Wildman–Crippen MR) is 209 cm³/mol. The lowest BCUT2D eigenvalue weighted by Gasteiger charge is -2.13. The molecule has 0 saturated carbocycles. The van der Waals surface area contributed by atoms with Crippen LogP contribution >= 0.6 is 0 Å². The summed E-state index contributed by atoms with van der Waals surface area (Å²) in [5.41, 5.74) is 8.01. The molecule has 6 nitrogen and oxygen atoms in total. The van der Waals surface area contributed by atoms with E-state index >= 15 is 0 Å². The molecule has 4 aromatic heterocycles. The van der Waals surface area contributed by atoms with E-state index in [1.54, 1.807) is 6.20 Å². The van der Waals surface area contributed by atoms with Gasteiger partial charge in [0.05, 0.1) is 6.20 Å². The summed E-state index contributed by atoms with van der Waals surface area (Å²) < 4.78 is 12.5. The lowest BCUT2D eigenvalue weighted by atomic mass is 9.92. The highest BCUT2D eigenvalue weighted by Crippen LogP contribution is 2.42. The maximum Gasteiger partial charge on any atom is 0.164 e. The molecule has 4 heterocycles. The third kappa shape index (κ3) is 4.44. The quantitative estimate of drug-likeness (QED) is 0.186. The average Bonchev–Trinajstić information content (AvgIpc) is 3.79. The van der Waals surface area contributed by atoms with E-state index in [4.69, 9.17) is 23.8 Å². The van der Waals surface area contributed by atoms with Crippen LogP contribution in [0.1, 0.15) is 0 Å². The maximum absolute atomic E-state index is 6.28. The van der Waals surface area contributed by atoms with E-state index in [0.29, 0.717) is 17.5 Å². The fourth-order valence-electron chi connectivity index (χ4n) is 7.61. The van der Waals surface area contributed by atoms with Gasteiger partial charge >= 0.3 is 0 Å². The second-order valence-electron chi connectivity index (χ2n) is 13.0. The minimum Gasteiger partial charge on any atom is -0.456 e. The molecule has 242 valence electrons. The summed E-state index contributed by atoms with van der Waals surface area (Å²) in [6, 6.07) is 49.9. The van der Waals surface area contributed by atoms with Crippen molar-refractivity contribution in [3.05, 3.63) is 158 Å². The molecule has 7 aromatic carbocycles. The minimum absolute atomic E-state index is 0.579. The van der Waals surface area contributed by atoms with Gasteiger partial charge in [-0.05, 0) is 75.1 Å². The highest BCUT2D eigenvalue weighted by Gasteiger charge is 2.20. The molecule has 11 aromatic rings. The number of hydrogen-bond donors (Lipinski definition) is 0. The monoisotopic (exact) mass is 666 g/mol. The molecule has 0 unspecified atom stereocenters. The van der Waals surface area contributed by atoms with E-state index in [0.717, 1.165) is 93.2 Å². The minimum atomic E-state index is 0.579. The standard InChI is InChI=1S/C46H26N4O2/c1-2-10-28-23-30(20-19-27(28)9-1)44-48-45(50-46(49-44)36-15-8-18-40-43(36)34-13-5-6-16-38(34)51-40)31-24-29-11-3-4-12-32(29)37(25-31)33-14-7-17-39-42(33)35-21-22-47-26-41(35)52-39/h1-26H. The van der Waals surface area contributed by atoms with Crippen LogP contribution < -0.4 is 0 Å². The van der Waals surface area contributed by atoms with Crippen LogP contribution in [0.4, 0.5) is 0 Å². The first kappa shape index (κ1) is 28.6. The number of nitrogens with zero attached hydrogens (tertiary/aromatic N) is 4. The molecule has 0 aliphatic rings. The molecular formula is C46H26N4O2. The topological polar surface area (TPSA) is 77.8 Å². The normalized spacial score (nSPS) is 11.8. The molecule has 0 bridgehead atoms. The number of aromatic nitrogens is 4. The largest absolute Gasteiger partial charge is 0.456 e. The summed E-state index contributed by atoms with van der Waals surface area (Å²) in [7, 11) is 0. The van der Waals surface area contributed by atoms with Crippen molar-refractivity contribution in [2.45, 2.75) is 0 Å². The van der Waals surface area contributed by atoms with Gasteiger partial charge in [0.2, 0.25) is 0 Å². The van der Waals surface area contributed by atoms with Crippen molar-refractivity contribution < 1.29 is 8.83 Å². The summed E-state index contributed by atoms with van der Waals surface area (Å²) in [6.07, 6.45) is 3.59. The number of pyridine rings is 1. The molecular weight excluding hydrogens is 641 g/mol. The van der Waals surface area contributed by atoms with Crippen LogP contribution in [-0.2, 0) is 0 Å². The zero-order chi connectivity index (χ0) is 34.2. The average molecular weight is 667 g/mol. The molecule has 0 amide bonds. The van der Waals surface area contributed by atoms with Crippen molar-refractivity contribution in [3.8, 4) is 45.3 Å². The first-order chi connectivity index (χ1) is 25.7. The molecule has 6 heteroatoms. The van der Waals surface area contributed by atoms with E-state index in [1.165, 1.54) is 0 Å². The number of furan rings is 2. The van der Waals surface area contributed by atoms with Crippen molar-refractivity contribution in [1.82, 2.24) is 19.9 Å². The van der Waals surface area contributed by atoms with Gasteiger partial charge in [0.15, 0.2) is 23.1 Å². The Morgan fingerprint density at radius 2 is 0.981 bits per heavy atom. The first-order valence-electron chi connectivity index (χ1n) is 17.2. The Morgan fingerprint density at radius 1 is 0.365 bits per heavy atom. The Hall–Kier alpha value is -7.18. The highest BCUT2D eigenvalue weighted by atomic mass is 16.3. The van der Waals surface area contributed by atoms with Crippen molar-refractivity contribution in [1.29, 1.82) is 0 Å². The van der Waals surface area contributed by atoms with E-state index in [-0.39, 0.29) is 0 Å². The third-order valence-electron chi connectivity index (χ3n) is 10.00. The Balaban J connectivity index is 1.20. The molecule has 52 heavy (non-hydrogen) atoms. The SMILES string of the molecule is c1ccc2cc(-c3nc(-c4cc(-c5cccc6oc7cnccc7c56)c5ccccc5c4)nc(-c4cccc5oc6ccccc6c45)n3)ccc2c1. The van der Waals surface area contributed by atoms with Crippen LogP contribution in [0.25, 0.3) is 111 Å². The van der Waals surface area contributed by atoms with Crippen LogP contribution in [0, 0.1) is 0 Å². The lowest BCUT2D eigenvalue weighted by molar-refractivity contribution is 0.667. The van der Waals surface area contributed by atoms with E-state index in [1.807, 2.05) is 54.7 Å². The molecule has 11 rings (SSSR count). The Labute approximate surface area is 296 Å². The predicted octanol–water partition coefficient (Wildman–Crippen LogP) is 12.0. The van der Waals surface area contributed by atoms with Crippen molar-refractivity contribution in [2.24, 2.45) is 0 Å². The zero-order valence-corrected chi connectivity index (χ0v) is 27.6. The number of benzene rings is 7. The fourth-order valence-corrected chi connectivity index (χ4v) is 7.61. The summed E-state index contributed by atoms with van der Waals surface area (Å²) in [4.78, 5) is 19.9. The van der Waals surface area contributed by atoms with Gasteiger partial charge in [-0.3, -0.25) is 4.98 Å². The van der Waals surface area contributed by atoms with Gasteiger partial charge in [0.1, 0.15) is 16.7 Å². The smallest absolute Gasteiger partial charge is 0.164 e. The number of rotatable bonds is 4. The first-order valence-corrected chi connectivity index (χ1v) is 17.2. The van der Waals surface area contributed by atoms with E-state index in [2.05, 4.69) is 102 Å². The zero-order valence-electron chi connectivity index (χ0n) is 27.6. The molecule has 0 aliphatic carbocycles. The summed E-state index contributed by atoms with van der Waals surface area (Å²) in [6.45, 7) is 0. The van der Waals surface area contributed by atoms with Crippen molar-refractivity contribution >= 4 is 65.4 Å². The van der Waals surface area contributed by atoms with Crippen molar-refractivity contribution in [2.75, 3.05) is 0 Å². The summed E-state index contributed by atoms with van der Waals surface area (Å²) in [5.74, 6) is 1.76. The van der Waals surface area contributed by atoms with Gasteiger partial charge in [-0.25, -0.2) is 15.0 Å². The highest BCUT2D eigenvalue weighted by molar-refractivity contribution is 6.16. The van der Waals surface area contributed by atoms with Crippen LogP contribution in [0.5, 0.6) is 0 Å². The molecule has 0 aliphatic heterocycles. The molecule has 0 atom stereocenters. The lowest BCUT2D eigenvalue weighted by Crippen LogP contribution is -2.01. The number of para-hydroxylation sites is 1.